The van der Waals surface area contributed by atoms with Gasteiger partial charge in [0.05, 0.1) is 0 Å². The maximum absolute atomic E-state index is 9.01. The highest BCUT2D eigenvalue weighted by Crippen LogP contribution is 2.10. The summed E-state index contributed by atoms with van der Waals surface area (Å²) in [6.45, 7) is 5.99. The Morgan fingerprint density at radius 3 is 2.36 bits per heavy atom. The number of rotatable bonds is 4. The number of anilines is 1. The van der Waals surface area contributed by atoms with E-state index in [1.54, 1.807) is 12.1 Å². The maximum Gasteiger partial charge on any atom is 0.488 e. The predicted molar refractivity (Wildman–Crippen MR) is 59.8 cm³/mol. The molecular weight excluding hydrogens is 177 g/mol. The highest BCUT2D eigenvalue weighted by molar-refractivity contribution is 6.58. The smallest absolute Gasteiger partial charge is 0.423 e. The highest BCUT2D eigenvalue weighted by Gasteiger charge is 2.11. The summed E-state index contributed by atoms with van der Waals surface area (Å²) in [5, 5.41) is 18.0. The van der Waals surface area contributed by atoms with E-state index in [1.807, 2.05) is 12.1 Å². The Morgan fingerprint density at radius 1 is 1.21 bits per heavy atom. The molecule has 0 atom stereocenters. The Morgan fingerprint density at radius 2 is 1.86 bits per heavy atom. The van der Waals surface area contributed by atoms with Crippen molar-refractivity contribution in [1.82, 2.24) is 0 Å². The summed E-state index contributed by atoms with van der Waals surface area (Å²) in [5.41, 5.74) is 1.56. The molecule has 0 aliphatic rings. The minimum Gasteiger partial charge on any atom is -0.423 e. The molecule has 0 aliphatic heterocycles. The lowest BCUT2D eigenvalue weighted by Crippen LogP contribution is -2.31. The summed E-state index contributed by atoms with van der Waals surface area (Å²) in [7, 11) is -1.38. The van der Waals surface area contributed by atoms with Gasteiger partial charge in [0.1, 0.15) is 0 Å². The first-order valence-corrected chi connectivity index (χ1v) is 4.90. The van der Waals surface area contributed by atoms with Crippen LogP contribution in [0.15, 0.2) is 24.3 Å². The molecule has 1 aromatic rings. The molecule has 1 aromatic carbocycles. The van der Waals surface area contributed by atoms with E-state index in [2.05, 4.69) is 18.7 Å². The lowest BCUT2D eigenvalue weighted by Gasteiger charge is -2.21. The molecule has 0 spiro atoms. The molecule has 14 heavy (non-hydrogen) atoms. The second kappa shape index (κ2) is 5.03. The van der Waals surface area contributed by atoms with Crippen LogP contribution in [0.25, 0.3) is 0 Å². The first-order valence-electron chi connectivity index (χ1n) is 4.90. The van der Waals surface area contributed by atoms with Gasteiger partial charge in [0.15, 0.2) is 0 Å². The molecule has 0 heterocycles. The molecule has 0 saturated carbocycles. The first kappa shape index (κ1) is 11.1. The lowest BCUT2D eigenvalue weighted by atomic mass is 9.80. The monoisotopic (exact) mass is 193 g/mol. The van der Waals surface area contributed by atoms with Gasteiger partial charge in [0, 0.05) is 18.8 Å². The second-order valence-corrected chi connectivity index (χ2v) is 3.14. The van der Waals surface area contributed by atoms with Crippen LogP contribution in [0.5, 0.6) is 0 Å². The molecule has 0 bridgehead atoms. The van der Waals surface area contributed by atoms with Crippen LogP contribution in [0.2, 0.25) is 0 Å². The summed E-state index contributed by atoms with van der Waals surface area (Å²) >= 11 is 0. The SMILES string of the molecule is CCN(CC)c1cccc(B(O)O)c1. The molecule has 0 amide bonds. The normalized spacial score (nSPS) is 10.0. The molecule has 0 aliphatic carbocycles. The van der Waals surface area contributed by atoms with E-state index in [4.69, 9.17) is 10.0 Å². The van der Waals surface area contributed by atoms with Crippen LogP contribution < -0.4 is 10.4 Å². The van der Waals surface area contributed by atoms with Gasteiger partial charge in [-0.3, -0.25) is 0 Å². The molecule has 3 nitrogen and oxygen atoms in total. The van der Waals surface area contributed by atoms with Crippen molar-refractivity contribution in [2.75, 3.05) is 18.0 Å². The van der Waals surface area contributed by atoms with Crippen LogP contribution >= 0.6 is 0 Å². The Bertz CT molecular complexity index is 287. The van der Waals surface area contributed by atoms with Crippen molar-refractivity contribution in [3.8, 4) is 0 Å². The van der Waals surface area contributed by atoms with Gasteiger partial charge in [0.25, 0.3) is 0 Å². The van der Waals surface area contributed by atoms with E-state index in [9.17, 15) is 0 Å². The minimum absolute atomic E-state index is 0.536. The molecule has 0 radical (unpaired) electrons. The van der Waals surface area contributed by atoms with Crippen LogP contribution in [0.1, 0.15) is 13.8 Å². The zero-order valence-corrected chi connectivity index (χ0v) is 8.64. The maximum atomic E-state index is 9.01. The van der Waals surface area contributed by atoms with Crippen LogP contribution in [-0.4, -0.2) is 30.3 Å². The van der Waals surface area contributed by atoms with Gasteiger partial charge in [0.2, 0.25) is 0 Å². The Labute approximate surface area is 85.1 Å². The van der Waals surface area contributed by atoms with Crippen molar-refractivity contribution in [3.63, 3.8) is 0 Å². The molecular formula is C10H16BNO2. The van der Waals surface area contributed by atoms with Crippen molar-refractivity contribution in [1.29, 1.82) is 0 Å². The topological polar surface area (TPSA) is 43.7 Å². The molecule has 0 saturated heterocycles. The summed E-state index contributed by atoms with van der Waals surface area (Å²) < 4.78 is 0. The van der Waals surface area contributed by atoms with Gasteiger partial charge >= 0.3 is 7.12 Å². The average molecular weight is 193 g/mol. The van der Waals surface area contributed by atoms with Gasteiger partial charge < -0.3 is 14.9 Å². The largest absolute Gasteiger partial charge is 0.488 e. The van der Waals surface area contributed by atoms with Crippen molar-refractivity contribution in [3.05, 3.63) is 24.3 Å². The van der Waals surface area contributed by atoms with E-state index >= 15 is 0 Å². The van der Waals surface area contributed by atoms with Crippen molar-refractivity contribution in [2.45, 2.75) is 13.8 Å². The lowest BCUT2D eigenvalue weighted by molar-refractivity contribution is 0.426. The minimum atomic E-state index is -1.38. The molecule has 0 unspecified atom stereocenters. The Balaban J connectivity index is 2.92. The Kier molecular flexibility index (Phi) is 3.98. The van der Waals surface area contributed by atoms with E-state index in [1.165, 1.54) is 0 Å². The first-order chi connectivity index (χ1) is 6.69. The fourth-order valence-electron chi connectivity index (χ4n) is 1.47. The predicted octanol–water partition coefficient (Wildman–Crippen LogP) is 0.213. The third-order valence-corrected chi connectivity index (χ3v) is 2.30. The fraction of sp³-hybridized carbons (Fsp3) is 0.400. The summed E-state index contributed by atoms with van der Waals surface area (Å²) in [6, 6.07) is 7.32. The quantitative estimate of drug-likeness (QED) is 0.672. The average Bonchev–Trinajstić information content (AvgIpc) is 2.20. The molecule has 4 heteroatoms. The van der Waals surface area contributed by atoms with Crippen LogP contribution in [0.4, 0.5) is 5.69 Å². The summed E-state index contributed by atoms with van der Waals surface area (Å²) in [4.78, 5) is 2.16. The zero-order chi connectivity index (χ0) is 10.6. The number of benzene rings is 1. The molecule has 1 rings (SSSR count). The Hall–Kier alpha value is -0.995. The third kappa shape index (κ3) is 2.50. The highest BCUT2D eigenvalue weighted by atomic mass is 16.4. The van der Waals surface area contributed by atoms with E-state index in [-0.39, 0.29) is 0 Å². The fourth-order valence-corrected chi connectivity index (χ4v) is 1.47. The number of nitrogens with zero attached hydrogens (tertiary/aromatic N) is 1. The molecule has 0 fully saturated rings. The van der Waals surface area contributed by atoms with Crippen LogP contribution in [0.3, 0.4) is 0 Å². The summed E-state index contributed by atoms with van der Waals surface area (Å²) in [5.74, 6) is 0. The van der Waals surface area contributed by atoms with Gasteiger partial charge in [-0.15, -0.1) is 0 Å². The standard InChI is InChI=1S/C10H16BNO2/c1-3-12(4-2)10-7-5-6-9(8-10)11(13)14/h5-8,13-14H,3-4H2,1-2H3. The van der Waals surface area contributed by atoms with E-state index < -0.39 is 7.12 Å². The molecule has 0 aromatic heterocycles. The van der Waals surface area contributed by atoms with Crippen molar-refractivity contribution >= 4 is 18.3 Å². The van der Waals surface area contributed by atoms with Crippen molar-refractivity contribution in [2.24, 2.45) is 0 Å². The second-order valence-electron chi connectivity index (χ2n) is 3.14. The van der Waals surface area contributed by atoms with Crippen LogP contribution in [0, 0.1) is 0 Å². The van der Waals surface area contributed by atoms with Crippen LogP contribution in [-0.2, 0) is 0 Å². The van der Waals surface area contributed by atoms with Gasteiger partial charge in [-0.05, 0) is 31.4 Å². The van der Waals surface area contributed by atoms with Gasteiger partial charge in [-0.2, -0.15) is 0 Å². The molecule has 2 N–H and O–H groups in total. The zero-order valence-electron chi connectivity index (χ0n) is 8.64. The summed E-state index contributed by atoms with van der Waals surface area (Å²) in [6.07, 6.45) is 0. The third-order valence-electron chi connectivity index (χ3n) is 2.30. The van der Waals surface area contributed by atoms with E-state index in [0.29, 0.717) is 5.46 Å². The van der Waals surface area contributed by atoms with E-state index in [0.717, 1.165) is 18.8 Å². The molecule has 76 valence electrons. The number of hydrogen-bond donors (Lipinski definition) is 2. The van der Waals surface area contributed by atoms with Crippen molar-refractivity contribution < 1.29 is 10.0 Å². The number of hydrogen-bond acceptors (Lipinski definition) is 3. The van der Waals surface area contributed by atoms with Gasteiger partial charge in [-0.25, -0.2) is 0 Å². The van der Waals surface area contributed by atoms with Gasteiger partial charge in [-0.1, -0.05) is 12.1 Å².